The van der Waals surface area contributed by atoms with E-state index in [1.165, 1.54) is 25.3 Å². The van der Waals surface area contributed by atoms with Crippen molar-refractivity contribution in [2.45, 2.75) is 50.2 Å². The fourth-order valence-corrected chi connectivity index (χ4v) is 3.44. The molecule has 1 saturated carbocycles. The first-order valence-electron chi connectivity index (χ1n) is 7.31. The predicted molar refractivity (Wildman–Crippen MR) is 73.3 cm³/mol. The summed E-state index contributed by atoms with van der Waals surface area (Å²) in [6.07, 6.45) is 6.33. The van der Waals surface area contributed by atoms with Crippen LogP contribution in [-0.2, 0) is 11.2 Å². The van der Waals surface area contributed by atoms with Gasteiger partial charge in [-0.25, -0.2) is 4.39 Å². The van der Waals surface area contributed by atoms with Crippen molar-refractivity contribution < 1.29 is 9.13 Å². The standard InChI is InChI=1S/C16H22FNO/c17-14-5-2-1-4-12(14)10-15(18)13-6-9-19-16(11-13)7-3-8-16/h1-2,4-5,13,15H,3,6-11,18H2. The van der Waals surface area contributed by atoms with Crippen LogP contribution < -0.4 is 5.73 Å². The van der Waals surface area contributed by atoms with Crippen LogP contribution in [0.25, 0.3) is 0 Å². The van der Waals surface area contributed by atoms with Crippen LogP contribution >= 0.6 is 0 Å². The van der Waals surface area contributed by atoms with Crippen LogP contribution in [0.4, 0.5) is 4.39 Å². The SMILES string of the molecule is NC(Cc1ccccc1F)C1CCOC2(CCC2)C1. The van der Waals surface area contributed by atoms with Crippen LogP contribution in [0.1, 0.15) is 37.7 Å². The zero-order valence-electron chi connectivity index (χ0n) is 11.3. The van der Waals surface area contributed by atoms with Crippen LogP contribution in [0, 0.1) is 11.7 Å². The van der Waals surface area contributed by atoms with Gasteiger partial charge in [0.25, 0.3) is 0 Å². The van der Waals surface area contributed by atoms with E-state index in [2.05, 4.69) is 0 Å². The van der Waals surface area contributed by atoms with Gasteiger partial charge < -0.3 is 10.5 Å². The van der Waals surface area contributed by atoms with Gasteiger partial charge in [-0.3, -0.25) is 0 Å². The van der Waals surface area contributed by atoms with Gasteiger partial charge in [-0.2, -0.15) is 0 Å². The molecule has 1 saturated heterocycles. The number of rotatable bonds is 3. The molecule has 1 aliphatic heterocycles. The molecule has 1 spiro atoms. The van der Waals surface area contributed by atoms with Crippen molar-refractivity contribution in [3.8, 4) is 0 Å². The highest BCUT2D eigenvalue weighted by Gasteiger charge is 2.43. The van der Waals surface area contributed by atoms with E-state index in [-0.39, 0.29) is 17.5 Å². The normalized spacial score (nSPS) is 26.9. The van der Waals surface area contributed by atoms with Gasteiger partial charge in [0, 0.05) is 12.6 Å². The summed E-state index contributed by atoms with van der Waals surface area (Å²) in [7, 11) is 0. The first kappa shape index (κ1) is 13.1. The first-order chi connectivity index (χ1) is 9.19. The number of halogens is 1. The molecule has 1 aromatic carbocycles. The molecule has 0 aromatic heterocycles. The summed E-state index contributed by atoms with van der Waals surface area (Å²) in [4.78, 5) is 0. The smallest absolute Gasteiger partial charge is 0.126 e. The van der Waals surface area contributed by atoms with Gasteiger partial charge in [0.1, 0.15) is 5.82 Å². The number of hydrogen-bond acceptors (Lipinski definition) is 2. The second-order valence-electron chi connectivity index (χ2n) is 6.10. The maximum Gasteiger partial charge on any atom is 0.126 e. The number of nitrogens with two attached hydrogens (primary N) is 1. The van der Waals surface area contributed by atoms with E-state index in [0.29, 0.717) is 12.3 Å². The van der Waals surface area contributed by atoms with Crippen LogP contribution in [0.2, 0.25) is 0 Å². The lowest BCUT2D eigenvalue weighted by atomic mass is 9.70. The number of benzene rings is 1. The second kappa shape index (κ2) is 5.22. The molecule has 2 atom stereocenters. The van der Waals surface area contributed by atoms with Crippen LogP contribution in [0.5, 0.6) is 0 Å². The lowest BCUT2D eigenvalue weighted by Gasteiger charge is -2.48. The molecule has 19 heavy (non-hydrogen) atoms. The van der Waals surface area contributed by atoms with Crippen molar-refractivity contribution in [3.05, 3.63) is 35.6 Å². The molecule has 1 aromatic rings. The molecule has 2 unspecified atom stereocenters. The van der Waals surface area contributed by atoms with Crippen molar-refractivity contribution in [3.63, 3.8) is 0 Å². The Bertz CT molecular complexity index is 444. The van der Waals surface area contributed by atoms with Gasteiger partial charge in [0.2, 0.25) is 0 Å². The van der Waals surface area contributed by atoms with Crippen molar-refractivity contribution in [2.24, 2.45) is 11.7 Å². The van der Waals surface area contributed by atoms with Gasteiger partial charge in [-0.05, 0) is 56.1 Å². The third-order valence-electron chi connectivity index (χ3n) is 4.81. The summed E-state index contributed by atoms with van der Waals surface area (Å²) >= 11 is 0. The number of ether oxygens (including phenoxy) is 1. The summed E-state index contributed by atoms with van der Waals surface area (Å²) in [5, 5.41) is 0. The first-order valence-corrected chi connectivity index (χ1v) is 7.31. The lowest BCUT2D eigenvalue weighted by molar-refractivity contribution is -0.145. The molecule has 2 N–H and O–H groups in total. The summed E-state index contributed by atoms with van der Waals surface area (Å²) in [5.74, 6) is 0.331. The summed E-state index contributed by atoms with van der Waals surface area (Å²) in [6.45, 7) is 0.815. The molecule has 1 aliphatic carbocycles. The molecule has 3 rings (SSSR count). The van der Waals surface area contributed by atoms with Gasteiger partial charge >= 0.3 is 0 Å². The minimum Gasteiger partial charge on any atom is -0.375 e. The van der Waals surface area contributed by atoms with Crippen molar-refractivity contribution in [1.82, 2.24) is 0 Å². The molecule has 3 heteroatoms. The molecule has 0 amide bonds. The highest BCUT2D eigenvalue weighted by atomic mass is 19.1. The molecule has 0 bridgehead atoms. The topological polar surface area (TPSA) is 35.2 Å². The minimum atomic E-state index is -0.136. The summed E-state index contributed by atoms with van der Waals surface area (Å²) in [5.41, 5.74) is 7.19. The molecule has 2 fully saturated rings. The fourth-order valence-electron chi connectivity index (χ4n) is 3.44. The quantitative estimate of drug-likeness (QED) is 0.909. The molecular weight excluding hydrogens is 241 g/mol. The molecule has 104 valence electrons. The minimum absolute atomic E-state index is 0.0401. The van der Waals surface area contributed by atoms with E-state index in [1.54, 1.807) is 6.07 Å². The largest absolute Gasteiger partial charge is 0.375 e. The van der Waals surface area contributed by atoms with Gasteiger partial charge in [-0.1, -0.05) is 18.2 Å². The maximum atomic E-state index is 13.7. The van der Waals surface area contributed by atoms with Gasteiger partial charge in [-0.15, -0.1) is 0 Å². The average molecular weight is 263 g/mol. The van der Waals surface area contributed by atoms with Gasteiger partial charge in [0.15, 0.2) is 0 Å². The molecule has 2 aliphatic rings. The zero-order chi connectivity index (χ0) is 13.3. The highest BCUT2D eigenvalue weighted by Crippen LogP contribution is 2.45. The zero-order valence-corrected chi connectivity index (χ0v) is 11.3. The Morgan fingerprint density at radius 1 is 1.37 bits per heavy atom. The van der Waals surface area contributed by atoms with E-state index in [1.807, 2.05) is 12.1 Å². The number of hydrogen-bond donors (Lipinski definition) is 1. The third kappa shape index (κ3) is 2.67. The van der Waals surface area contributed by atoms with Gasteiger partial charge in [0.05, 0.1) is 5.60 Å². The van der Waals surface area contributed by atoms with Crippen LogP contribution in [0.15, 0.2) is 24.3 Å². The molecular formula is C16H22FNO. The Hall–Kier alpha value is -0.930. The van der Waals surface area contributed by atoms with E-state index < -0.39 is 0 Å². The fraction of sp³-hybridized carbons (Fsp3) is 0.625. The Morgan fingerprint density at radius 2 is 2.16 bits per heavy atom. The summed E-state index contributed by atoms with van der Waals surface area (Å²) < 4.78 is 19.6. The summed E-state index contributed by atoms with van der Waals surface area (Å²) in [6, 6.07) is 7.00. The van der Waals surface area contributed by atoms with E-state index in [9.17, 15) is 4.39 Å². The van der Waals surface area contributed by atoms with E-state index in [4.69, 9.17) is 10.5 Å². The maximum absolute atomic E-state index is 13.7. The average Bonchev–Trinajstić information content (AvgIpc) is 2.40. The van der Waals surface area contributed by atoms with Crippen molar-refractivity contribution in [1.29, 1.82) is 0 Å². The Morgan fingerprint density at radius 3 is 2.84 bits per heavy atom. The van der Waals surface area contributed by atoms with E-state index >= 15 is 0 Å². The van der Waals surface area contributed by atoms with E-state index in [0.717, 1.165) is 25.0 Å². The highest BCUT2D eigenvalue weighted by molar-refractivity contribution is 5.18. The second-order valence-corrected chi connectivity index (χ2v) is 6.10. The predicted octanol–water partition coefficient (Wildman–Crippen LogP) is 3.04. The Labute approximate surface area is 114 Å². The monoisotopic (exact) mass is 263 g/mol. The van der Waals surface area contributed by atoms with Crippen LogP contribution in [0.3, 0.4) is 0 Å². The molecule has 1 heterocycles. The Kier molecular flexibility index (Phi) is 3.59. The van der Waals surface area contributed by atoms with Crippen molar-refractivity contribution >= 4 is 0 Å². The Balaban J connectivity index is 1.64. The lowest BCUT2D eigenvalue weighted by Crippen LogP contribution is -2.49. The third-order valence-corrected chi connectivity index (χ3v) is 4.81. The van der Waals surface area contributed by atoms with Crippen molar-refractivity contribution in [2.75, 3.05) is 6.61 Å². The van der Waals surface area contributed by atoms with Crippen LogP contribution in [-0.4, -0.2) is 18.2 Å². The molecule has 2 nitrogen and oxygen atoms in total. The molecule has 0 radical (unpaired) electrons.